The summed E-state index contributed by atoms with van der Waals surface area (Å²) >= 11 is 6.19. The van der Waals surface area contributed by atoms with Gasteiger partial charge in [-0.15, -0.1) is 15.3 Å². The maximum Gasteiger partial charge on any atom is 0.220 e. The Morgan fingerprint density at radius 3 is 2.90 bits per heavy atom. The molecule has 154 valence electrons. The van der Waals surface area contributed by atoms with Gasteiger partial charge in [-0.25, -0.2) is 0 Å². The Kier molecular flexibility index (Phi) is 7.77. The fourth-order valence-electron chi connectivity index (χ4n) is 2.77. The summed E-state index contributed by atoms with van der Waals surface area (Å²) in [4.78, 5) is 12.0. The Labute approximate surface area is 174 Å². The van der Waals surface area contributed by atoms with E-state index < -0.39 is 0 Å². The summed E-state index contributed by atoms with van der Waals surface area (Å²) in [7, 11) is 0. The lowest BCUT2D eigenvalue weighted by Crippen LogP contribution is -2.25. The van der Waals surface area contributed by atoms with Crippen LogP contribution in [0.2, 0.25) is 5.02 Å². The number of fused-ring (bicyclic) bond motifs is 1. The predicted molar refractivity (Wildman–Crippen MR) is 112 cm³/mol. The summed E-state index contributed by atoms with van der Waals surface area (Å²) in [5, 5.41) is 19.7. The Bertz CT molecular complexity index is 946. The second kappa shape index (κ2) is 10.7. The van der Waals surface area contributed by atoms with Crippen molar-refractivity contribution in [3.63, 3.8) is 0 Å². The van der Waals surface area contributed by atoms with Crippen molar-refractivity contribution in [3.05, 3.63) is 52.8 Å². The molecule has 0 radical (unpaired) electrons. The fourth-order valence-corrected chi connectivity index (χ4v) is 2.97. The molecule has 1 amide bonds. The lowest BCUT2D eigenvalue weighted by molar-refractivity contribution is -0.121. The number of rotatable bonds is 11. The van der Waals surface area contributed by atoms with Crippen molar-refractivity contribution in [2.24, 2.45) is 0 Å². The van der Waals surface area contributed by atoms with E-state index in [1.54, 1.807) is 4.52 Å². The van der Waals surface area contributed by atoms with E-state index in [4.69, 9.17) is 16.3 Å². The molecule has 29 heavy (non-hydrogen) atoms. The zero-order valence-corrected chi connectivity index (χ0v) is 17.2. The lowest BCUT2D eigenvalue weighted by atomic mass is 10.2. The number of anilines is 1. The summed E-state index contributed by atoms with van der Waals surface area (Å²) < 4.78 is 6.92. The fraction of sp³-hybridized carbons (Fsp3) is 0.400. The highest BCUT2D eigenvalue weighted by Gasteiger charge is 2.10. The number of aromatic nitrogens is 4. The summed E-state index contributed by atoms with van der Waals surface area (Å²) in [6.07, 6.45) is 1.59. The molecule has 2 heterocycles. The van der Waals surface area contributed by atoms with Gasteiger partial charge in [0.15, 0.2) is 11.5 Å². The highest BCUT2D eigenvalue weighted by Crippen LogP contribution is 2.16. The van der Waals surface area contributed by atoms with Crippen LogP contribution < -0.4 is 10.6 Å². The molecule has 0 aliphatic heterocycles. The second-order valence-electron chi connectivity index (χ2n) is 6.45. The number of nitrogens with zero attached hydrogens (tertiary/aromatic N) is 4. The number of aryl methyl sites for hydroxylation is 1. The molecule has 3 aromatic rings. The largest absolute Gasteiger partial charge is 0.382 e. The van der Waals surface area contributed by atoms with Crippen molar-refractivity contribution in [1.29, 1.82) is 0 Å². The monoisotopic (exact) mass is 416 g/mol. The van der Waals surface area contributed by atoms with Crippen LogP contribution in [-0.4, -0.2) is 45.5 Å². The molecule has 0 saturated carbocycles. The van der Waals surface area contributed by atoms with Crippen LogP contribution in [0.4, 0.5) is 5.82 Å². The summed E-state index contributed by atoms with van der Waals surface area (Å²) in [5.74, 6) is 1.30. The van der Waals surface area contributed by atoms with E-state index in [9.17, 15) is 4.79 Å². The van der Waals surface area contributed by atoms with Gasteiger partial charge in [-0.2, -0.15) is 4.52 Å². The number of hydrogen-bond acceptors (Lipinski definition) is 6. The number of carbonyl (C=O) groups is 1. The van der Waals surface area contributed by atoms with E-state index in [0.29, 0.717) is 61.5 Å². The van der Waals surface area contributed by atoms with Gasteiger partial charge in [0.25, 0.3) is 0 Å². The van der Waals surface area contributed by atoms with E-state index in [1.165, 1.54) is 0 Å². The summed E-state index contributed by atoms with van der Waals surface area (Å²) in [6, 6.07) is 11.3. The molecular weight excluding hydrogens is 392 g/mol. The van der Waals surface area contributed by atoms with Crippen molar-refractivity contribution in [3.8, 4) is 0 Å². The van der Waals surface area contributed by atoms with E-state index in [2.05, 4.69) is 25.9 Å². The first-order valence-corrected chi connectivity index (χ1v) is 10.1. The van der Waals surface area contributed by atoms with Crippen molar-refractivity contribution < 1.29 is 9.53 Å². The molecule has 1 aromatic carbocycles. The van der Waals surface area contributed by atoms with Crippen LogP contribution >= 0.6 is 11.6 Å². The van der Waals surface area contributed by atoms with Gasteiger partial charge in [-0.05, 0) is 37.1 Å². The average molecular weight is 417 g/mol. The molecule has 0 fully saturated rings. The topological polar surface area (TPSA) is 93.4 Å². The molecular formula is C20H25ClN6O2. The standard InChI is InChI=1S/C20H25ClN6O2/c1-2-29-13-5-12-22-20(28)11-10-19-25-24-18-9-8-17(26-27(18)19)23-14-15-6-3-4-7-16(15)21/h3-4,6-9H,2,5,10-14H2,1H3,(H,22,28)(H,23,26). The van der Waals surface area contributed by atoms with E-state index in [0.717, 1.165) is 12.0 Å². The van der Waals surface area contributed by atoms with Crippen molar-refractivity contribution in [1.82, 2.24) is 25.1 Å². The number of ether oxygens (including phenoxy) is 1. The van der Waals surface area contributed by atoms with Crippen LogP contribution in [-0.2, 0) is 22.5 Å². The zero-order chi connectivity index (χ0) is 20.5. The molecule has 0 atom stereocenters. The number of nitrogens with one attached hydrogen (secondary N) is 2. The number of benzene rings is 1. The molecule has 0 unspecified atom stereocenters. The molecule has 3 rings (SSSR count). The quantitative estimate of drug-likeness (QED) is 0.467. The molecule has 0 saturated heterocycles. The van der Waals surface area contributed by atoms with Crippen molar-refractivity contribution in [2.75, 3.05) is 25.1 Å². The lowest BCUT2D eigenvalue weighted by Gasteiger charge is -2.08. The van der Waals surface area contributed by atoms with Gasteiger partial charge in [0, 0.05) is 44.2 Å². The Morgan fingerprint density at radius 1 is 1.21 bits per heavy atom. The van der Waals surface area contributed by atoms with Crippen molar-refractivity contribution >= 4 is 29.0 Å². The molecule has 2 aromatic heterocycles. The first-order chi connectivity index (χ1) is 14.2. The SMILES string of the molecule is CCOCCCNC(=O)CCc1nnc2ccc(NCc3ccccc3Cl)nn12. The van der Waals surface area contributed by atoms with Gasteiger partial charge >= 0.3 is 0 Å². The van der Waals surface area contributed by atoms with E-state index in [1.807, 2.05) is 43.3 Å². The Morgan fingerprint density at radius 2 is 2.07 bits per heavy atom. The van der Waals surface area contributed by atoms with Crippen molar-refractivity contribution in [2.45, 2.75) is 32.7 Å². The second-order valence-corrected chi connectivity index (χ2v) is 6.86. The van der Waals surface area contributed by atoms with E-state index in [-0.39, 0.29) is 5.91 Å². The molecule has 0 spiro atoms. The van der Waals surface area contributed by atoms with Gasteiger partial charge in [-0.1, -0.05) is 29.8 Å². The van der Waals surface area contributed by atoms with Crippen LogP contribution in [0.5, 0.6) is 0 Å². The Hall–Kier alpha value is -2.71. The van der Waals surface area contributed by atoms with Crippen LogP contribution in [0.25, 0.3) is 5.65 Å². The first kappa shape index (κ1) is 21.0. The van der Waals surface area contributed by atoms with Crippen LogP contribution in [0, 0.1) is 0 Å². The third-order valence-corrected chi connectivity index (χ3v) is 4.68. The highest BCUT2D eigenvalue weighted by atomic mass is 35.5. The van der Waals surface area contributed by atoms with Gasteiger partial charge in [0.05, 0.1) is 0 Å². The smallest absolute Gasteiger partial charge is 0.220 e. The highest BCUT2D eigenvalue weighted by molar-refractivity contribution is 6.31. The minimum absolute atomic E-state index is 0.0220. The molecule has 2 N–H and O–H groups in total. The van der Waals surface area contributed by atoms with Crippen LogP contribution in [0.1, 0.15) is 31.2 Å². The van der Waals surface area contributed by atoms with Crippen LogP contribution in [0.15, 0.2) is 36.4 Å². The normalized spacial score (nSPS) is 11.0. The van der Waals surface area contributed by atoms with E-state index >= 15 is 0 Å². The molecule has 9 heteroatoms. The number of amides is 1. The van der Waals surface area contributed by atoms with Gasteiger partial charge in [0.2, 0.25) is 5.91 Å². The molecule has 8 nitrogen and oxygen atoms in total. The van der Waals surface area contributed by atoms with Gasteiger partial charge in [0.1, 0.15) is 5.82 Å². The third-order valence-electron chi connectivity index (χ3n) is 4.31. The first-order valence-electron chi connectivity index (χ1n) is 9.70. The van der Waals surface area contributed by atoms with Gasteiger partial charge in [-0.3, -0.25) is 4.79 Å². The average Bonchev–Trinajstić information content (AvgIpc) is 3.14. The third kappa shape index (κ3) is 6.13. The predicted octanol–water partition coefficient (Wildman–Crippen LogP) is 2.87. The van der Waals surface area contributed by atoms with Crippen LogP contribution in [0.3, 0.4) is 0 Å². The number of carbonyl (C=O) groups excluding carboxylic acids is 1. The zero-order valence-electron chi connectivity index (χ0n) is 16.4. The minimum Gasteiger partial charge on any atom is -0.382 e. The maximum atomic E-state index is 12.0. The number of hydrogen-bond donors (Lipinski definition) is 2. The Balaban J connectivity index is 1.55. The molecule has 0 aliphatic rings. The molecule has 0 bridgehead atoms. The van der Waals surface area contributed by atoms with Gasteiger partial charge < -0.3 is 15.4 Å². The summed E-state index contributed by atoms with van der Waals surface area (Å²) in [6.45, 7) is 4.45. The molecule has 0 aliphatic carbocycles. The number of halogens is 1. The minimum atomic E-state index is -0.0220. The maximum absolute atomic E-state index is 12.0. The summed E-state index contributed by atoms with van der Waals surface area (Å²) in [5.41, 5.74) is 1.63.